The van der Waals surface area contributed by atoms with E-state index in [1.54, 1.807) is 0 Å². The molecule has 4 rings (SSSR count). The molecule has 2 aliphatic carbocycles. The van der Waals surface area contributed by atoms with E-state index in [4.69, 9.17) is 4.74 Å². The van der Waals surface area contributed by atoms with Crippen molar-refractivity contribution in [2.45, 2.75) is 38.3 Å². The van der Waals surface area contributed by atoms with Crippen molar-refractivity contribution < 1.29 is 9.53 Å². The van der Waals surface area contributed by atoms with Crippen LogP contribution >= 0.6 is 0 Å². The zero-order valence-electron chi connectivity index (χ0n) is 15.1. The van der Waals surface area contributed by atoms with E-state index < -0.39 is 0 Å². The second-order valence-corrected chi connectivity index (χ2v) is 7.73. The summed E-state index contributed by atoms with van der Waals surface area (Å²) in [5.41, 5.74) is 6.33. The topological polar surface area (TPSA) is 65.6 Å². The van der Waals surface area contributed by atoms with Crippen LogP contribution < -0.4 is 16.1 Å². The maximum absolute atomic E-state index is 12.5. The molecule has 4 aliphatic rings. The van der Waals surface area contributed by atoms with Crippen LogP contribution in [0.3, 0.4) is 0 Å². The first-order chi connectivity index (χ1) is 12.0. The summed E-state index contributed by atoms with van der Waals surface area (Å²) >= 11 is 0. The molecule has 6 heteroatoms. The van der Waals surface area contributed by atoms with Crippen LogP contribution in [0, 0.1) is 5.92 Å². The molecule has 1 unspecified atom stereocenters. The number of fused-ring (bicyclic) bond motifs is 1. The average molecular weight is 344 g/mol. The Hall–Kier alpha value is -1.63. The highest BCUT2D eigenvalue weighted by molar-refractivity contribution is 5.98. The Balaban J connectivity index is 1.40. The molecule has 0 aromatic rings. The quantitative estimate of drug-likeness (QED) is 0.598. The molecule has 2 fully saturated rings. The molecule has 1 saturated carbocycles. The highest BCUT2D eigenvalue weighted by Crippen LogP contribution is 2.36. The summed E-state index contributed by atoms with van der Waals surface area (Å²) < 4.78 is 5.59. The van der Waals surface area contributed by atoms with Gasteiger partial charge in [0.25, 0.3) is 5.91 Å². The van der Waals surface area contributed by atoms with Crippen LogP contribution in [0.5, 0.6) is 0 Å². The average Bonchev–Trinajstić information content (AvgIpc) is 3.29. The molecular formula is C19H28N4O2. The van der Waals surface area contributed by atoms with Gasteiger partial charge >= 0.3 is 0 Å². The first-order valence-electron chi connectivity index (χ1n) is 9.33. The van der Waals surface area contributed by atoms with E-state index in [1.807, 2.05) is 13.0 Å². The highest BCUT2D eigenvalue weighted by Gasteiger charge is 2.39. The number of hydrazine groups is 1. The lowest BCUT2D eigenvalue weighted by molar-refractivity contribution is -0.117. The summed E-state index contributed by atoms with van der Waals surface area (Å²) in [7, 11) is 0. The van der Waals surface area contributed by atoms with Crippen molar-refractivity contribution in [2.75, 3.05) is 32.8 Å². The van der Waals surface area contributed by atoms with Crippen molar-refractivity contribution in [3.8, 4) is 0 Å². The molecule has 6 nitrogen and oxygen atoms in total. The van der Waals surface area contributed by atoms with Crippen LogP contribution in [0.15, 0.2) is 35.1 Å². The van der Waals surface area contributed by atoms with E-state index in [2.05, 4.69) is 40.3 Å². The molecule has 0 bridgehead atoms. The number of carbonyl (C=O) groups is 1. The number of ether oxygens (including phenoxy) is 1. The lowest BCUT2D eigenvalue weighted by Gasteiger charge is -2.34. The van der Waals surface area contributed by atoms with Gasteiger partial charge in [-0.15, -0.1) is 0 Å². The molecule has 0 spiro atoms. The third-order valence-electron chi connectivity index (χ3n) is 5.44. The SMILES string of the molecule is CC1=C(C(=O)NCCOC2CC2)C=CC2(C)NN(CC3CNC3)C=C12. The van der Waals surface area contributed by atoms with Gasteiger partial charge in [0, 0.05) is 43.9 Å². The Labute approximate surface area is 149 Å². The van der Waals surface area contributed by atoms with Gasteiger partial charge in [-0.25, -0.2) is 5.43 Å². The van der Waals surface area contributed by atoms with Gasteiger partial charge in [0.2, 0.25) is 0 Å². The molecule has 0 aromatic carbocycles. The summed E-state index contributed by atoms with van der Waals surface area (Å²) in [5, 5.41) is 8.47. The first-order valence-corrected chi connectivity index (χ1v) is 9.33. The third kappa shape index (κ3) is 3.52. The Morgan fingerprint density at radius 1 is 1.44 bits per heavy atom. The van der Waals surface area contributed by atoms with Gasteiger partial charge in [0.05, 0.1) is 18.2 Å². The second kappa shape index (κ2) is 6.59. The van der Waals surface area contributed by atoms with Crippen molar-refractivity contribution in [1.82, 2.24) is 21.1 Å². The van der Waals surface area contributed by atoms with Crippen LogP contribution in [0.25, 0.3) is 0 Å². The molecule has 0 aromatic heterocycles. The minimum Gasteiger partial charge on any atom is -0.376 e. The molecule has 3 N–H and O–H groups in total. The van der Waals surface area contributed by atoms with Crippen molar-refractivity contribution in [3.63, 3.8) is 0 Å². The largest absolute Gasteiger partial charge is 0.376 e. The van der Waals surface area contributed by atoms with E-state index in [0.717, 1.165) is 43.6 Å². The van der Waals surface area contributed by atoms with Gasteiger partial charge in [-0.3, -0.25) is 4.79 Å². The smallest absolute Gasteiger partial charge is 0.251 e. The molecule has 2 aliphatic heterocycles. The Morgan fingerprint density at radius 3 is 2.92 bits per heavy atom. The van der Waals surface area contributed by atoms with Gasteiger partial charge < -0.3 is 20.4 Å². The summed E-state index contributed by atoms with van der Waals surface area (Å²) in [6.07, 6.45) is 8.97. The second-order valence-electron chi connectivity index (χ2n) is 7.73. The zero-order valence-corrected chi connectivity index (χ0v) is 15.1. The number of carbonyl (C=O) groups excluding carboxylic acids is 1. The Morgan fingerprint density at radius 2 is 2.24 bits per heavy atom. The van der Waals surface area contributed by atoms with Crippen molar-refractivity contribution in [3.05, 3.63) is 35.1 Å². The summed E-state index contributed by atoms with van der Waals surface area (Å²) in [5.74, 6) is 0.674. The fraction of sp³-hybridized carbons (Fsp3) is 0.632. The van der Waals surface area contributed by atoms with E-state index in [1.165, 1.54) is 5.57 Å². The molecule has 2 heterocycles. The van der Waals surface area contributed by atoms with Gasteiger partial charge in [-0.05, 0) is 37.8 Å². The van der Waals surface area contributed by atoms with E-state index in [9.17, 15) is 4.79 Å². The van der Waals surface area contributed by atoms with Crippen LogP contribution in [0.4, 0.5) is 0 Å². The van der Waals surface area contributed by atoms with Crippen LogP contribution in [0.2, 0.25) is 0 Å². The fourth-order valence-corrected chi connectivity index (χ4v) is 3.63. The lowest BCUT2D eigenvalue weighted by atomic mass is 9.82. The van der Waals surface area contributed by atoms with E-state index >= 15 is 0 Å². The maximum Gasteiger partial charge on any atom is 0.251 e. The molecule has 25 heavy (non-hydrogen) atoms. The number of nitrogens with one attached hydrogen (secondary N) is 3. The molecule has 136 valence electrons. The number of hydrogen-bond acceptors (Lipinski definition) is 5. The van der Waals surface area contributed by atoms with E-state index in [-0.39, 0.29) is 11.4 Å². The fourth-order valence-electron chi connectivity index (χ4n) is 3.63. The van der Waals surface area contributed by atoms with Gasteiger partial charge in [-0.1, -0.05) is 12.2 Å². The number of amides is 1. The molecule has 1 amide bonds. The first kappa shape index (κ1) is 16.8. The minimum absolute atomic E-state index is 0.0160. The van der Waals surface area contributed by atoms with Gasteiger partial charge in [0.15, 0.2) is 0 Å². The van der Waals surface area contributed by atoms with Crippen molar-refractivity contribution >= 4 is 5.91 Å². The third-order valence-corrected chi connectivity index (χ3v) is 5.44. The van der Waals surface area contributed by atoms with E-state index in [0.29, 0.717) is 25.2 Å². The summed E-state index contributed by atoms with van der Waals surface area (Å²) in [6, 6.07) is 0. The van der Waals surface area contributed by atoms with Crippen LogP contribution in [0.1, 0.15) is 26.7 Å². The number of rotatable bonds is 7. The monoisotopic (exact) mass is 344 g/mol. The van der Waals surface area contributed by atoms with Gasteiger partial charge in [0.1, 0.15) is 0 Å². The van der Waals surface area contributed by atoms with Crippen LogP contribution in [-0.2, 0) is 9.53 Å². The van der Waals surface area contributed by atoms with Gasteiger partial charge in [-0.2, -0.15) is 0 Å². The highest BCUT2D eigenvalue weighted by atomic mass is 16.5. The predicted octanol–water partition coefficient (Wildman–Crippen LogP) is 0.850. The molecule has 0 radical (unpaired) electrons. The maximum atomic E-state index is 12.5. The normalized spacial score (nSPS) is 28.7. The summed E-state index contributed by atoms with van der Waals surface area (Å²) in [6.45, 7) is 8.52. The molecule has 1 atom stereocenters. The van der Waals surface area contributed by atoms with Crippen molar-refractivity contribution in [2.24, 2.45) is 5.92 Å². The standard InChI is InChI=1S/C19H28N4O2/c1-13-16(18(24)21-7-8-25-15-3-4-15)5-6-19(2)17(13)12-23(22-19)11-14-9-20-10-14/h5-6,12,14-15,20,22H,3-4,7-11H2,1-2H3,(H,21,24). The molecule has 1 saturated heterocycles. The minimum atomic E-state index is -0.222. The number of hydrogen-bond donors (Lipinski definition) is 3. The predicted molar refractivity (Wildman–Crippen MR) is 96.5 cm³/mol. The zero-order chi connectivity index (χ0) is 17.4. The molecular weight excluding hydrogens is 316 g/mol. The summed E-state index contributed by atoms with van der Waals surface area (Å²) in [4.78, 5) is 12.5. The Bertz CT molecular complexity index is 646. The Kier molecular flexibility index (Phi) is 4.43. The van der Waals surface area contributed by atoms with Crippen molar-refractivity contribution in [1.29, 1.82) is 0 Å². The lowest BCUT2D eigenvalue weighted by Crippen LogP contribution is -2.52. The number of nitrogens with zero attached hydrogens (tertiary/aromatic N) is 1. The van der Waals surface area contributed by atoms with Crippen LogP contribution in [-0.4, -0.2) is 55.3 Å².